The molecule has 0 amide bonds. The van der Waals surface area contributed by atoms with Crippen molar-refractivity contribution in [3.63, 3.8) is 0 Å². The van der Waals surface area contributed by atoms with Crippen LogP contribution in [0.1, 0.15) is 0 Å². The fourth-order valence-corrected chi connectivity index (χ4v) is 2.48. The minimum Gasteiger partial charge on any atom is -0.494 e. The highest BCUT2D eigenvalue weighted by Gasteiger charge is 2.05. The quantitative estimate of drug-likeness (QED) is 0.720. The predicted octanol–water partition coefficient (Wildman–Crippen LogP) is 3.61. The highest BCUT2D eigenvalue weighted by atomic mass is 127. The average molecular weight is 303 g/mol. The molecular weight excluding hydrogens is 298 g/mol. The van der Waals surface area contributed by atoms with E-state index in [4.69, 9.17) is 27.9 Å². The van der Waals surface area contributed by atoms with Crippen LogP contribution in [-0.4, -0.2) is 7.11 Å². The molecule has 0 fully saturated rings. The van der Waals surface area contributed by atoms with Gasteiger partial charge >= 0.3 is 0 Å². The molecule has 1 nitrogen and oxygen atoms in total. The van der Waals surface area contributed by atoms with Gasteiger partial charge in [0, 0.05) is 5.02 Å². The van der Waals surface area contributed by atoms with Crippen molar-refractivity contribution in [1.82, 2.24) is 0 Å². The monoisotopic (exact) mass is 302 g/mol. The molecule has 1 aromatic rings. The molecule has 0 heterocycles. The van der Waals surface area contributed by atoms with E-state index in [0.29, 0.717) is 15.8 Å². The Bertz CT molecular complexity index is 252. The van der Waals surface area contributed by atoms with Gasteiger partial charge in [-0.2, -0.15) is 0 Å². The summed E-state index contributed by atoms with van der Waals surface area (Å²) >= 11 is 13.7. The number of hydrogen-bond donors (Lipinski definition) is 0. The molecule has 1 rings (SSSR count). The first kappa shape index (κ1) is 9.42. The van der Waals surface area contributed by atoms with Gasteiger partial charge in [0.25, 0.3) is 0 Å². The van der Waals surface area contributed by atoms with Crippen LogP contribution in [0.3, 0.4) is 0 Å². The molecule has 0 aliphatic carbocycles. The molecule has 0 N–H and O–H groups in total. The van der Waals surface area contributed by atoms with Crippen molar-refractivity contribution >= 4 is 45.8 Å². The number of rotatable bonds is 1. The van der Waals surface area contributed by atoms with Crippen LogP contribution in [-0.2, 0) is 0 Å². The fourth-order valence-electron chi connectivity index (χ4n) is 0.724. The van der Waals surface area contributed by atoms with E-state index in [2.05, 4.69) is 22.6 Å². The maximum Gasteiger partial charge on any atom is 0.150 e. The molecule has 0 aliphatic rings. The molecule has 0 spiro atoms. The highest BCUT2D eigenvalue weighted by Crippen LogP contribution is 2.32. The molecule has 0 aromatic heterocycles. The van der Waals surface area contributed by atoms with E-state index in [1.807, 2.05) is 0 Å². The second-order valence-electron chi connectivity index (χ2n) is 1.90. The fraction of sp³-hybridized carbons (Fsp3) is 0.143. The number of hydrogen-bond acceptors (Lipinski definition) is 1. The van der Waals surface area contributed by atoms with Crippen LogP contribution in [0.25, 0.3) is 0 Å². The summed E-state index contributed by atoms with van der Waals surface area (Å²) in [5.74, 6) is 0.677. The number of halogens is 3. The second-order valence-corrected chi connectivity index (χ2v) is 3.91. The average Bonchev–Trinajstić information content (AvgIpc) is 1.85. The third-order valence-corrected chi connectivity index (χ3v) is 2.47. The summed E-state index contributed by atoms with van der Waals surface area (Å²) in [6.45, 7) is 0. The third-order valence-electron chi connectivity index (χ3n) is 1.17. The molecule has 0 unspecified atom stereocenters. The van der Waals surface area contributed by atoms with E-state index in [-0.39, 0.29) is 0 Å². The zero-order chi connectivity index (χ0) is 8.43. The van der Waals surface area contributed by atoms with Crippen LogP contribution in [0.5, 0.6) is 5.75 Å². The number of benzene rings is 1. The Balaban J connectivity index is 3.25. The van der Waals surface area contributed by atoms with Crippen molar-refractivity contribution in [2.45, 2.75) is 0 Å². The lowest BCUT2D eigenvalue weighted by molar-refractivity contribution is 0.412. The minimum absolute atomic E-state index is 0.546. The van der Waals surface area contributed by atoms with Gasteiger partial charge in [0.1, 0.15) is 0 Å². The van der Waals surface area contributed by atoms with Crippen LogP contribution in [0.4, 0.5) is 0 Å². The molecule has 0 atom stereocenters. The lowest BCUT2D eigenvalue weighted by Crippen LogP contribution is -1.87. The second kappa shape index (κ2) is 3.83. The summed E-state index contributed by atoms with van der Waals surface area (Å²) in [7, 11) is 1.58. The van der Waals surface area contributed by atoms with E-state index in [1.54, 1.807) is 19.2 Å². The van der Waals surface area contributed by atoms with Crippen LogP contribution in [0.15, 0.2) is 12.1 Å². The summed E-state index contributed by atoms with van der Waals surface area (Å²) < 4.78 is 5.95. The molecular formula is C7H5Cl2IO. The zero-order valence-corrected chi connectivity index (χ0v) is 9.37. The first-order valence-electron chi connectivity index (χ1n) is 2.83. The molecule has 1 aromatic carbocycles. The first-order valence-corrected chi connectivity index (χ1v) is 4.67. The van der Waals surface area contributed by atoms with Gasteiger partial charge in [0.05, 0.1) is 15.7 Å². The van der Waals surface area contributed by atoms with Crippen LogP contribution in [0, 0.1) is 3.57 Å². The lowest BCUT2D eigenvalue weighted by Gasteiger charge is -2.04. The normalized spacial score (nSPS) is 9.82. The molecule has 0 bridgehead atoms. The summed E-state index contributed by atoms with van der Waals surface area (Å²) in [6, 6.07) is 3.46. The van der Waals surface area contributed by atoms with Gasteiger partial charge in [-0.1, -0.05) is 23.2 Å². The maximum atomic E-state index is 5.82. The Morgan fingerprint density at radius 2 is 2.00 bits per heavy atom. The van der Waals surface area contributed by atoms with Crippen LogP contribution >= 0.6 is 45.8 Å². The molecule has 0 saturated heterocycles. The Labute approximate surface area is 88.8 Å². The Kier molecular flexibility index (Phi) is 3.28. The molecule has 0 radical (unpaired) electrons. The summed E-state index contributed by atoms with van der Waals surface area (Å²) in [5, 5.41) is 1.17. The van der Waals surface area contributed by atoms with E-state index < -0.39 is 0 Å². The molecule has 0 saturated carbocycles. The van der Waals surface area contributed by atoms with Crippen LogP contribution in [0.2, 0.25) is 10.0 Å². The SMILES string of the molecule is COc1c(Cl)cc(Cl)cc1I. The van der Waals surface area contributed by atoms with Crippen molar-refractivity contribution < 1.29 is 4.74 Å². The zero-order valence-electron chi connectivity index (χ0n) is 5.70. The largest absolute Gasteiger partial charge is 0.494 e. The third kappa shape index (κ3) is 2.13. The van der Waals surface area contributed by atoms with E-state index in [9.17, 15) is 0 Å². The van der Waals surface area contributed by atoms with Crippen molar-refractivity contribution in [3.8, 4) is 5.75 Å². The van der Waals surface area contributed by atoms with Crippen molar-refractivity contribution in [1.29, 1.82) is 0 Å². The Morgan fingerprint density at radius 3 is 2.45 bits per heavy atom. The first-order chi connectivity index (χ1) is 5.15. The van der Waals surface area contributed by atoms with Gasteiger partial charge in [-0.15, -0.1) is 0 Å². The number of methoxy groups -OCH3 is 1. The van der Waals surface area contributed by atoms with Crippen molar-refractivity contribution in [2.24, 2.45) is 0 Å². The Morgan fingerprint density at radius 1 is 1.36 bits per heavy atom. The van der Waals surface area contributed by atoms with Gasteiger partial charge in [-0.3, -0.25) is 0 Å². The van der Waals surface area contributed by atoms with Gasteiger partial charge in [0.2, 0.25) is 0 Å². The van der Waals surface area contributed by atoms with Gasteiger partial charge in [-0.05, 0) is 34.7 Å². The topological polar surface area (TPSA) is 9.23 Å². The van der Waals surface area contributed by atoms with E-state index in [0.717, 1.165) is 3.57 Å². The summed E-state index contributed by atoms with van der Waals surface area (Å²) in [4.78, 5) is 0. The van der Waals surface area contributed by atoms with E-state index in [1.165, 1.54) is 0 Å². The lowest BCUT2D eigenvalue weighted by atomic mass is 10.3. The Hall–Kier alpha value is 0.330. The highest BCUT2D eigenvalue weighted by molar-refractivity contribution is 14.1. The molecule has 11 heavy (non-hydrogen) atoms. The minimum atomic E-state index is 0.546. The molecule has 60 valence electrons. The number of ether oxygens (including phenoxy) is 1. The molecule has 4 heteroatoms. The van der Waals surface area contributed by atoms with Gasteiger partial charge in [0.15, 0.2) is 5.75 Å². The summed E-state index contributed by atoms with van der Waals surface area (Å²) in [6.07, 6.45) is 0. The molecule has 0 aliphatic heterocycles. The standard InChI is InChI=1S/C7H5Cl2IO/c1-11-7-5(9)2-4(8)3-6(7)10/h2-3H,1H3. The smallest absolute Gasteiger partial charge is 0.150 e. The van der Waals surface area contributed by atoms with E-state index >= 15 is 0 Å². The van der Waals surface area contributed by atoms with Crippen molar-refractivity contribution in [2.75, 3.05) is 7.11 Å². The van der Waals surface area contributed by atoms with Gasteiger partial charge in [-0.25, -0.2) is 0 Å². The van der Waals surface area contributed by atoms with Gasteiger partial charge < -0.3 is 4.74 Å². The predicted molar refractivity (Wildman–Crippen MR) is 55.7 cm³/mol. The summed E-state index contributed by atoms with van der Waals surface area (Å²) in [5.41, 5.74) is 0. The van der Waals surface area contributed by atoms with Crippen LogP contribution < -0.4 is 4.74 Å². The maximum absolute atomic E-state index is 5.82. The van der Waals surface area contributed by atoms with Crippen molar-refractivity contribution in [3.05, 3.63) is 25.7 Å².